The zero-order valence-corrected chi connectivity index (χ0v) is 19.0. The average molecular weight is 477 g/mol. The summed E-state index contributed by atoms with van der Waals surface area (Å²) in [4.78, 5) is 12.1. The lowest BCUT2D eigenvalue weighted by atomic mass is 10.2. The van der Waals surface area contributed by atoms with Crippen molar-refractivity contribution in [1.29, 1.82) is 5.26 Å². The Labute approximate surface area is 188 Å². The van der Waals surface area contributed by atoms with Crippen molar-refractivity contribution in [2.24, 2.45) is 0 Å². The van der Waals surface area contributed by atoms with Crippen LogP contribution in [0.3, 0.4) is 0 Å². The van der Waals surface area contributed by atoms with Crippen LogP contribution in [0.5, 0.6) is 0 Å². The first-order chi connectivity index (χ1) is 15.2. The smallest absolute Gasteiger partial charge is 0.243 e. The second kappa shape index (κ2) is 10.2. The zero-order chi connectivity index (χ0) is 23.2. The topological polar surface area (TPSA) is 136 Å². The maximum absolute atomic E-state index is 12.9. The molecule has 3 rings (SSSR count). The van der Waals surface area contributed by atoms with Crippen LogP contribution in [0.25, 0.3) is 0 Å². The Bertz CT molecular complexity index is 1230. The van der Waals surface area contributed by atoms with Crippen molar-refractivity contribution in [2.45, 2.75) is 35.5 Å². The molecule has 11 heteroatoms. The molecule has 2 N–H and O–H groups in total. The molecule has 0 atom stereocenters. The second-order valence-corrected chi connectivity index (χ2v) is 11.0. The predicted molar refractivity (Wildman–Crippen MR) is 119 cm³/mol. The van der Waals surface area contributed by atoms with Gasteiger partial charge in [0.25, 0.3) is 0 Å². The molecule has 0 aromatic heterocycles. The molecule has 9 nitrogen and oxygen atoms in total. The lowest BCUT2D eigenvalue weighted by Gasteiger charge is -2.20. The number of anilines is 1. The molecular weight excluding hydrogens is 452 g/mol. The Balaban J connectivity index is 1.68. The third kappa shape index (κ3) is 5.72. The van der Waals surface area contributed by atoms with Gasteiger partial charge in [0.05, 0.1) is 21.9 Å². The van der Waals surface area contributed by atoms with E-state index in [0.29, 0.717) is 13.1 Å². The van der Waals surface area contributed by atoms with Gasteiger partial charge in [-0.2, -0.15) is 9.57 Å². The number of carbonyl (C=O) groups excluding carboxylic acids is 1. The molecule has 1 fully saturated rings. The lowest BCUT2D eigenvalue weighted by molar-refractivity contribution is -0.115. The number of hydrogen-bond donors (Lipinski definition) is 2. The monoisotopic (exact) mass is 476 g/mol. The fraction of sp³-hybridized carbons (Fsp3) is 0.333. The number of hydrogen-bond acceptors (Lipinski definition) is 6. The molecule has 1 aliphatic rings. The Morgan fingerprint density at radius 1 is 0.969 bits per heavy atom. The van der Waals surface area contributed by atoms with Gasteiger partial charge in [-0.15, -0.1) is 0 Å². The fourth-order valence-corrected chi connectivity index (χ4v) is 6.10. The summed E-state index contributed by atoms with van der Waals surface area (Å²) in [6.45, 7) is 0.348. The molecule has 0 saturated carbocycles. The highest BCUT2D eigenvalue weighted by Crippen LogP contribution is 2.22. The number of nitriles is 1. The summed E-state index contributed by atoms with van der Waals surface area (Å²) >= 11 is 0. The Hall–Kier alpha value is -2.78. The van der Waals surface area contributed by atoms with E-state index in [-0.39, 0.29) is 21.0 Å². The van der Waals surface area contributed by atoms with Gasteiger partial charge in [0.2, 0.25) is 26.0 Å². The lowest BCUT2D eigenvalue weighted by Crippen LogP contribution is -2.33. The number of amides is 1. The number of nitrogens with one attached hydrogen (secondary N) is 2. The van der Waals surface area contributed by atoms with Gasteiger partial charge in [0.1, 0.15) is 6.07 Å². The third-order valence-electron chi connectivity index (χ3n) is 5.04. The molecule has 1 amide bonds. The van der Waals surface area contributed by atoms with Crippen LogP contribution in [0, 0.1) is 11.3 Å². The maximum Gasteiger partial charge on any atom is 0.243 e. The van der Waals surface area contributed by atoms with Gasteiger partial charge in [-0.1, -0.05) is 31.0 Å². The fourth-order valence-electron chi connectivity index (χ4n) is 3.40. The summed E-state index contributed by atoms with van der Waals surface area (Å²) in [6, 6.07) is 13.3. The SMILES string of the molecule is N#Cc1ccccc1S(=O)(=O)NCC(=O)Nc1cccc(S(=O)(=O)N2CCCCCC2)c1. The van der Waals surface area contributed by atoms with E-state index in [1.807, 2.05) is 0 Å². The molecule has 1 saturated heterocycles. The van der Waals surface area contributed by atoms with Gasteiger partial charge < -0.3 is 5.32 Å². The van der Waals surface area contributed by atoms with Crippen molar-refractivity contribution >= 4 is 31.6 Å². The number of carbonyl (C=O) groups is 1. The molecule has 2 aromatic carbocycles. The summed E-state index contributed by atoms with van der Waals surface area (Å²) in [5.41, 5.74) is 0.203. The average Bonchev–Trinajstić information content (AvgIpc) is 3.08. The molecule has 1 aliphatic heterocycles. The third-order valence-corrected chi connectivity index (χ3v) is 8.39. The van der Waals surface area contributed by atoms with E-state index >= 15 is 0 Å². The van der Waals surface area contributed by atoms with Gasteiger partial charge in [-0.05, 0) is 43.2 Å². The van der Waals surface area contributed by atoms with E-state index in [0.717, 1.165) is 25.7 Å². The van der Waals surface area contributed by atoms with Crippen LogP contribution in [-0.2, 0) is 24.8 Å². The molecule has 0 radical (unpaired) electrons. The first-order valence-electron chi connectivity index (χ1n) is 10.1. The highest BCUT2D eigenvalue weighted by molar-refractivity contribution is 7.89. The minimum Gasteiger partial charge on any atom is -0.325 e. The molecular formula is C21H24N4O5S2. The van der Waals surface area contributed by atoms with Crippen molar-refractivity contribution < 1.29 is 21.6 Å². The van der Waals surface area contributed by atoms with Crippen molar-refractivity contribution in [3.63, 3.8) is 0 Å². The van der Waals surface area contributed by atoms with Crippen molar-refractivity contribution in [1.82, 2.24) is 9.03 Å². The van der Waals surface area contributed by atoms with Gasteiger partial charge in [0.15, 0.2) is 0 Å². The zero-order valence-electron chi connectivity index (χ0n) is 17.3. The number of nitrogens with zero attached hydrogens (tertiary/aromatic N) is 2. The first kappa shape index (κ1) is 23.9. The maximum atomic E-state index is 12.9. The number of rotatable bonds is 7. The first-order valence-corrected chi connectivity index (χ1v) is 13.1. The number of sulfonamides is 2. The van der Waals surface area contributed by atoms with Crippen LogP contribution >= 0.6 is 0 Å². The van der Waals surface area contributed by atoms with Crippen molar-refractivity contribution in [2.75, 3.05) is 25.0 Å². The minimum absolute atomic E-state index is 0.0353. The summed E-state index contributed by atoms with van der Waals surface area (Å²) in [6.07, 6.45) is 3.61. The van der Waals surface area contributed by atoms with Gasteiger partial charge in [-0.3, -0.25) is 4.79 Å². The van der Waals surface area contributed by atoms with Crippen LogP contribution in [0.15, 0.2) is 58.3 Å². The van der Waals surface area contributed by atoms with Crippen LogP contribution in [0.1, 0.15) is 31.2 Å². The molecule has 0 spiro atoms. The van der Waals surface area contributed by atoms with Gasteiger partial charge in [0, 0.05) is 18.8 Å². The molecule has 0 unspecified atom stereocenters. The molecule has 1 heterocycles. The normalized spacial score (nSPS) is 15.5. The molecule has 2 aromatic rings. The Morgan fingerprint density at radius 2 is 1.66 bits per heavy atom. The van der Waals surface area contributed by atoms with Crippen molar-refractivity contribution in [3.8, 4) is 6.07 Å². The van der Waals surface area contributed by atoms with Crippen LogP contribution < -0.4 is 10.0 Å². The van der Waals surface area contributed by atoms with Crippen LogP contribution in [0.2, 0.25) is 0 Å². The summed E-state index contributed by atoms with van der Waals surface area (Å²) in [7, 11) is -7.76. The van der Waals surface area contributed by atoms with E-state index < -0.39 is 32.5 Å². The minimum atomic E-state index is -4.08. The van der Waals surface area contributed by atoms with Gasteiger partial charge in [-0.25, -0.2) is 21.6 Å². The molecule has 32 heavy (non-hydrogen) atoms. The standard InChI is InChI=1S/C21H24N4O5S2/c22-15-17-8-3-4-11-20(17)31(27,28)23-16-21(26)24-18-9-7-10-19(14-18)32(29,30)25-12-5-1-2-6-13-25/h3-4,7-11,14,23H,1-2,5-6,12-13,16H2,(H,24,26). The molecule has 0 aliphatic carbocycles. The highest BCUT2D eigenvalue weighted by atomic mass is 32.2. The van der Waals surface area contributed by atoms with E-state index in [2.05, 4.69) is 10.0 Å². The number of benzene rings is 2. The largest absolute Gasteiger partial charge is 0.325 e. The van der Waals surface area contributed by atoms with Crippen LogP contribution in [0.4, 0.5) is 5.69 Å². The quantitative estimate of drug-likeness (QED) is 0.627. The van der Waals surface area contributed by atoms with Crippen molar-refractivity contribution in [3.05, 3.63) is 54.1 Å². The predicted octanol–water partition coefficient (Wildman–Crippen LogP) is 2.04. The molecule has 170 valence electrons. The van der Waals surface area contributed by atoms with E-state index in [4.69, 9.17) is 5.26 Å². The van der Waals surface area contributed by atoms with E-state index in [9.17, 15) is 21.6 Å². The Kier molecular flexibility index (Phi) is 7.63. The summed E-state index contributed by atoms with van der Waals surface area (Å²) in [5, 5.41) is 11.6. The summed E-state index contributed by atoms with van der Waals surface area (Å²) in [5.74, 6) is -0.674. The second-order valence-electron chi connectivity index (χ2n) is 7.33. The van der Waals surface area contributed by atoms with Crippen LogP contribution in [-0.4, -0.2) is 46.7 Å². The van der Waals surface area contributed by atoms with E-state index in [1.165, 1.54) is 52.8 Å². The van der Waals surface area contributed by atoms with Gasteiger partial charge >= 0.3 is 0 Å². The highest BCUT2D eigenvalue weighted by Gasteiger charge is 2.25. The molecule has 0 bridgehead atoms. The van der Waals surface area contributed by atoms with E-state index in [1.54, 1.807) is 6.07 Å². The summed E-state index contributed by atoms with van der Waals surface area (Å²) < 4.78 is 54.4. The Morgan fingerprint density at radius 3 is 2.34 bits per heavy atom.